The van der Waals surface area contributed by atoms with Gasteiger partial charge in [0.2, 0.25) is 5.91 Å². The monoisotopic (exact) mass is 450 g/mol. The molecule has 3 atom stereocenters. The third-order valence-electron chi connectivity index (χ3n) is 7.21. The number of morpholine rings is 1. The summed E-state index contributed by atoms with van der Waals surface area (Å²) in [6, 6.07) is 10.4. The number of carbonyl (C=O) groups is 1. The fourth-order valence-electron chi connectivity index (χ4n) is 5.40. The van der Waals surface area contributed by atoms with Crippen molar-refractivity contribution in [3.05, 3.63) is 42.1 Å². The van der Waals surface area contributed by atoms with Gasteiger partial charge >= 0.3 is 0 Å². The van der Waals surface area contributed by atoms with Gasteiger partial charge in [0, 0.05) is 43.1 Å². The maximum atomic E-state index is 14.0. The second kappa shape index (κ2) is 9.69. The molecule has 0 bridgehead atoms. The molecule has 176 valence electrons. The largest absolute Gasteiger partial charge is 0.378 e. The van der Waals surface area contributed by atoms with E-state index in [0.717, 1.165) is 80.6 Å². The average molecular weight is 451 g/mol. The van der Waals surface area contributed by atoms with E-state index in [2.05, 4.69) is 46.4 Å². The van der Waals surface area contributed by atoms with Crippen molar-refractivity contribution in [2.75, 3.05) is 48.0 Å². The molecule has 2 fully saturated rings. The van der Waals surface area contributed by atoms with Crippen molar-refractivity contribution in [1.29, 1.82) is 0 Å². The lowest BCUT2D eigenvalue weighted by Crippen LogP contribution is -2.41. The highest BCUT2D eigenvalue weighted by Gasteiger charge is 2.36. The van der Waals surface area contributed by atoms with Crippen LogP contribution in [-0.4, -0.2) is 49.9 Å². The third-order valence-corrected chi connectivity index (χ3v) is 7.21. The number of aromatic nitrogens is 1. The maximum absolute atomic E-state index is 14.0. The molecule has 7 heteroatoms. The Kier molecular flexibility index (Phi) is 6.51. The van der Waals surface area contributed by atoms with Gasteiger partial charge in [0.05, 0.1) is 37.2 Å². The summed E-state index contributed by atoms with van der Waals surface area (Å²) in [5, 5.41) is 3.49. The number of nitrogens with one attached hydrogen (secondary N) is 1. The van der Waals surface area contributed by atoms with Crippen molar-refractivity contribution in [2.45, 2.75) is 45.8 Å². The first kappa shape index (κ1) is 22.2. The minimum absolute atomic E-state index is 0.00909. The Morgan fingerprint density at radius 1 is 1.24 bits per heavy atom. The summed E-state index contributed by atoms with van der Waals surface area (Å²) in [5.41, 5.74) is 4.02. The number of ether oxygens (including phenoxy) is 2. The quantitative estimate of drug-likeness (QED) is 0.747. The molecule has 1 amide bonds. The summed E-state index contributed by atoms with van der Waals surface area (Å²) in [6.45, 7) is 8.70. The van der Waals surface area contributed by atoms with Crippen LogP contribution in [0.3, 0.4) is 0 Å². The summed E-state index contributed by atoms with van der Waals surface area (Å²) in [4.78, 5) is 22.8. The minimum atomic E-state index is 0.00909. The summed E-state index contributed by atoms with van der Waals surface area (Å²) in [7, 11) is 0. The molecule has 1 saturated heterocycles. The van der Waals surface area contributed by atoms with Gasteiger partial charge in [0.25, 0.3) is 0 Å². The standard InChI is InChI=1S/C26H34N4O3/c1-3-33-24-9-6-19(15-18(24)2)26(31)30-17-20-5-4-10-27-25(20)28-22-8-7-21(16-23(22)30)29-11-13-32-14-12-29/h4-5,7-8,10,16,18-19,24H,3,6,9,11-15,17H2,1-2H3,(H,27,28)/t18-,19-,24+/m1/s1. The number of amides is 1. The highest BCUT2D eigenvalue weighted by molar-refractivity contribution is 6.00. The first-order valence-corrected chi connectivity index (χ1v) is 12.2. The van der Waals surface area contributed by atoms with E-state index in [1.165, 1.54) is 0 Å². The van der Waals surface area contributed by atoms with Crippen LogP contribution in [0.15, 0.2) is 36.5 Å². The smallest absolute Gasteiger partial charge is 0.230 e. The molecule has 1 saturated carbocycles. The fourth-order valence-corrected chi connectivity index (χ4v) is 5.40. The normalized spacial score (nSPS) is 25.0. The van der Waals surface area contributed by atoms with Crippen LogP contribution in [0.25, 0.3) is 0 Å². The van der Waals surface area contributed by atoms with E-state index in [9.17, 15) is 4.79 Å². The predicted molar refractivity (Wildman–Crippen MR) is 130 cm³/mol. The van der Waals surface area contributed by atoms with Crippen LogP contribution >= 0.6 is 0 Å². The van der Waals surface area contributed by atoms with Gasteiger partial charge in [0.15, 0.2) is 0 Å². The molecule has 2 aliphatic heterocycles. The summed E-state index contributed by atoms with van der Waals surface area (Å²) in [5.74, 6) is 1.41. The Bertz CT molecular complexity index is 991. The zero-order chi connectivity index (χ0) is 22.8. The first-order chi connectivity index (χ1) is 16.1. The first-order valence-electron chi connectivity index (χ1n) is 12.2. The number of fused-ring (bicyclic) bond motifs is 2. The number of pyridine rings is 1. The van der Waals surface area contributed by atoms with Crippen molar-refractivity contribution >= 4 is 28.8 Å². The topological polar surface area (TPSA) is 66.9 Å². The molecule has 33 heavy (non-hydrogen) atoms. The SMILES string of the molecule is CCO[C@H]1CC[C@@H](C(=O)N2Cc3cccnc3Nc3ccc(N4CCOCC4)cc32)C[C@H]1C. The van der Waals surface area contributed by atoms with E-state index in [0.29, 0.717) is 12.5 Å². The number of hydrogen-bond donors (Lipinski definition) is 1. The third kappa shape index (κ3) is 4.57. The van der Waals surface area contributed by atoms with Crippen molar-refractivity contribution < 1.29 is 14.3 Å². The van der Waals surface area contributed by atoms with Crippen molar-refractivity contribution in [1.82, 2.24) is 4.98 Å². The van der Waals surface area contributed by atoms with Gasteiger partial charge in [-0.3, -0.25) is 4.79 Å². The summed E-state index contributed by atoms with van der Waals surface area (Å²) in [6.07, 6.45) is 4.73. The van der Waals surface area contributed by atoms with Gasteiger partial charge in [-0.1, -0.05) is 13.0 Å². The molecule has 3 heterocycles. The molecular weight excluding hydrogens is 416 g/mol. The second-order valence-electron chi connectivity index (χ2n) is 9.34. The molecule has 0 radical (unpaired) electrons. The van der Waals surface area contributed by atoms with E-state index in [-0.39, 0.29) is 17.9 Å². The van der Waals surface area contributed by atoms with Gasteiger partial charge in [-0.15, -0.1) is 0 Å². The number of nitrogens with zero attached hydrogens (tertiary/aromatic N) is 3. The lowest BCUT2D eigenvalue weighted by atomic mass is 9.79. The van der Waals surface area contributed by atoms with Crippen LogP contribution in [0.4, 0.5) is 22.9 Å². The van der Waals surface area contributed by atoms with Crippen molar-refractivity contribution in [3.8, 4) is 0 Å². The minimum Gasteiger partial charge on any atom is -0.378 e. The zero-order valence-electron chi connectivity index (χ0n) is 19.6. The van der Waals surface area contributed by atoms with Crippen LogP contribution in [0.2, 0.25) is 0 Å². The van der Waals surface area contributed by atoms with Gasteiger partial charge < -0.3 is 24.6 Å². The Morgan fingerprint density at radius 3 is 2.88 bits per heavy atom. The number of hydrogen-bond acceptors (Lipinski definition) is 6. The Morgan fingerprint density at radius 2 is 2.09 bits per heavy atom. The van der Waals surface area contributed by atoms with Crippen molar-refractivity contribution in [2.24, 2.45) is 11.8 Å². The lowest BCUT2D eigenvalue weighted by molar-refractivity contribution is -0.125. The Balaban J connectivity index is 1.47. The highest BCUT2D eigenvalue weighted by atomic mass is 16.5. The van der Waals surface area contributed by atoms with Gasteiger partial charge in [-0.05, 0) is 56.4 Å². The molecule has 2 aromatic rings. The Labute approximate surface area is 196 Å². The van der Waals surface area contributed by atoms with Crippen LogP contribution in [-0.2, 0) is 20.8 Å². The predicted octanol–water partition coefficient (Wildman–Crippen LogP) is 4.35. The molecule has 1 aliphatic carbocycles. The van der Waals surface area contributed by atoms with E-state index in [1.807, 2.05) is 17.9 Å². The van der Waals surface area contributed by atoms with Gasteiger partial charge in [-0.25, -0.2) is 4.98 Å². The molecule has 0 spiro atoms. The molecule has 1 aromatic heterocycles. The Hall–Kier alpha value is -2.64. The fraction of sp³-hybridized carbons (Fsp3) is 0.538. The van der Waals surface area contributed by atoms with Gasteiger partial charge in [0.1, 0.15) is 5.82 Å². The van der Waals surface area contributed by atoms with Crippen LogP contribution < -0.4 is 15.1 Å². The molecular formula is C26H34N4O3. The second-order valence-corrected chi connectivity index (χ2v) is 9.34. The number of benzene rings is 1. The molecule has 3 aliphatic rings. The molecule has 5 rings (SSSR count). The highest BCUT2D eigenvalue weighted by Crippen LogP contribution is 2.40. The lowest BCUT2D eigenvalue weighted by Gasteiger charge is -2.36. The molecule has 0 unspecified atom stereocenters. The summed E-state index contributed by atoms with van der Waals surface area (Å²) < 4.78 is 11.4. The van der Waals surface area contributed by atoms with Crippen LogP contribution in [0.5, 0.6) is 0 Å². The maximum Gasteiger partial charge on any atom is 0.230 e. The molecule has 1 aromatic carbocycles. The van der Waals surface area contributed by atoms with Crippen molar-refractivity contribution in [3.63, 3.8) is 0 Å². The molecule has 1 N–H and O–H groups in total. The molecule has 7 nitrogen and oxygen atoms in total. The van der Waals surface area contributed by atoms with E-state index in [1.54, 1.807) is 6.20 Å². The number of anilines is 4. The summed E-state index contributed by atoms with van der Waals surface area (Å²) >= 11 is 0. The van der Waals surface area contributed by atoms with E-state index >= 15 is 0 Å². The number of carbonyl (C=O) groups excluding carboxylic acids is 1. The van der Waals surface area contributed by atoms with E-state index < -0.39 is 0 Å². The van der Waals surface area contributed by atoms with E-state index in [4.69, 9.17) is 9.47 Å². The van der Waals surface area contributed by atoms with Crippen LogP contribution in [0.1, 0.15) is 38.7 Å². The van der Waals surface area contributed by atoms with Gasteiger partial charge in [-0.2, -0.15) is 0 Å². The zero-order valence-corrected chi connectivity index (χ0v) is 19.6. The average Bonchev–Trinajstić information content (AvgIpc) is 3.02. The van der Waals surface area contributed by atoms with Crippen LogP contribution in [0, 0.1) is 11.8 Å². The number of rotatable bonds is 4.